The highest BCUT2D eigenvalue weighted by Crippen LogP contribution is 2.21. The van der Waals surface area contributed by atoms with Gasteiger partial charge in [0.25, 0.3) is 0 Å². The summed E-state index contributed by atoms with van der Waals surface area (Å²) in [7, 11) is 0. The molecule has 0 saturated carbocycles. The van der Waals surface area contributed by atoms with E-state index >= 15 is 0 Å². The van der Waals surface area contributed by atoms with Gasteiger partial charge in [-0.3, -0.25) is 9.67 Å². The Labute approximate surface area is 91.3 Å². The van der Waals surface area contributed by atoms with Crippen LogP contribution in [0.4, 0.5) is 0 Å². The minimum atomic E-state index is 0.539. The number of nitrogens with zero attached hydrogens (tertiary/aromatic N) is 2. The van der Waals surface area contributed by atoms with E-state index < -0.39 is 0 Å². The number of H-pyrrole nitrogens is 1. The molecule has 0 atom stereocenters. The minimum absolute atomic E-state index is 0.539. The number of hydrogen-bond acceptors (Lipinski definition) is 2. The van der Waals surface area contributed by atoms with Crippen molar-refractivity contribution < 1.29 is 0 Å². The Balaban J connectivity index is 2.68. The monoisotopic (exact) mass is 225 g/mol. The smallest absolute Gasteiger partial charge is 0.199 e. The van der Waals surface area contributed by atoms with Crippen molar-refractivity contribution in [3.05, 3.63) is 39.9 Å². The molecule has 72 valence electrons. The van der Waals surface area contributed by atoms with Crippen molar-refractivity contribution >= 4 is 23.8 Å². The molecule has 0 unspecified atom stereocenters. The lowest BCUT2D eigenvalue weighted by Gasteiger charge is -2.04. The first-order valence-electron chi connectivity index (χ1n) is 4.07. The first kappa shape index (κ1) is 9.43. The van der Waals surface area contributed by atoms with Crippen LogP contribution < -0.4 is 0 Å². The van der Waals surface area contributed by atoms with Gasteiger partial charge in [0.2, 0.25) is 0 Å². The van der Waals surface area contributed by atoms with Gasteiger partial charge in [-0.25, -0.2) is 0 Å². The molecule has 0 aliphatic heterocycles. The molecule has 0 aliphatic rings. The molecule has 1 aromatic heterocycles. The van der Waals surface area contributed by atoms with Gasteiger partial charge in [-0.15, -0.1) is 0 Å². The van der Waals surface area contributed by atoms with Crippen LogP contribution in [0.3, 0.4) is 0 Å². The zero-order valence-corrected chi connectivity index (χ0v) is 9.06. The van der Waals surface area contributed by atoms with Gasteiger partial charge in [-0.1, -0.05) is 17.7 Å². The van der Waals surface area contributed by atoms with Crippen molar-refractivity contribution in [2.45, 2.75) is 6.92 Å². The number of hydrogen-bond donors (Lipinski definition) is 1. The van der Waals surface area contributed by atoms with E-state index in [1.54, 1.807) is 10.9 Å². The highest BCUT2D eigenvalue weighted by molar-refractivity contribution is 7.71. The van der Waals surface area contributed by atoms with Gasteiger partial charge in [0.1, 0.15) is 6.33 Å². The van der Waals surface area contributed by atoms with E-state index in [1.807, 2.05) is 25.1 Å². The Morgan fingerprint density at radius 1 is 1.50 bits per heavy atom. The predicted molar refractivity (Wildman–Crippen MR) is 58.5 cm³/mol. The lowest BCUT2D eigenvalue weighted by Crippen LogP contribution is -1.93. The van der Waals surface area contributed by atoms with E-state index in [0.717, 1.165) is 11.3 Å². The largest absolute Gasteiger partial charge is 0.273 e. The molecule has 1 N–H and O–H groups in total. The van der Waals surface area contributed by atoms with Gasteiger partial charge in [-0.2, -0.15) is 5.10 Å². The first-order valence-corrected chi connectivity index (χ1v) is 4.85. The molecule has 14 heavy (non-hydrogen) atoms. The Hall–Kier alpha value is -1.13. The molecule has 3 nitrogen and oxygen atoms in total. The summed E-state index contributed by atoms with van der Waals surface area (Å²) in [5.74, 6) is 0. The van der Waals surface area contributed by atoms with Crippen molar-refractivity contribution in [3.63, 3.8) is 0 Å². The summed E-state index contributed by atoms with van der Waals surface area (Å²) >= 11 is 11.1. The van der Waals surface area contributed by atoms with Crippen molar-refractivity contribution in [2.75, 3.05) is 0 Å². The van der Waals surface area contributed by atoms with Crippen LogP contribution in [-0.2, 0) is 0 Å². The fraction of sp³-hybridized carbons (Fsp3) is 0.111. The first-order chi connectivity index (χ1) is 6.68. The number of aromatic amines is 1. The lowest BCUT2D eigenvalue weighted by molar-refractivity contribution is 1.03. The van der Waals surface area contributed by atoms with E-state index in [9.17, 15) is 0 Å². The summed E-state index contributed by atoms with van der Waals surface area (Å²) in [4.78, 5) is 0. The van der Waals surface area contributed by atoms with Gasteiger partial charge in [0.15, 0.2) is 4.77 Å². The summed E-state index contributed by atoms with van der Waals surface area (Å²) in [5, 5.41) is 7.19. The Morgan fingerprint density at radius 2 is 2.29 bits per heavy atom. The Bertz CT molecular complexity index is 515. The van der Waals surface area contributed by atoms with Crippen LogP contribution in [0.1, 0.15) is 5.56 Å². The predicted octanol–water partition coefficient (Wildman–Crippen LogP) is 2.89. The van der Waals surface area contributed by atoms with Crippen LogP contribution in [0.25, 0.3) is 5.69 Å². The molecule has 0 saturated heterocycles. The molecule has 0 bridgehead atoms. The van der Waals surface area contributed by atoms with Crippen LogP contribution in [0, 0.1) is 11.7 Å². The fourth-order valence-electron chi connectivity index (χ4n) is 1.23. The maximum Gasteiger partial charge on any atom is 0.199 e. The van der Waals surface area contributed by atoms with Crippen molar-refractivity contribution in [1.82, 2.24) is 14.8 Å². The standard InChI is InChI=1S/C9H8ClN3S/c1-6-2-3-7(10)8(4-6)13-5-11-12-9(13)14/h2-5H,1H3,(H,12,14). The molecule has 2 aromatic rings. The average molecular weight is 226 g/mol. The molecule has 0 spiro atoms. The topological polar surface area (TPSA) is 33.6 Å². The second kappa shape index (κ2) is 3.55. The van der Waals surface area contributed by atoms with Gasteiger partial charge in [0.05, 0.1) is 10.7 Å². The summed E-state index contributed by atoms with van der Waals surface area (Å²) in [6.07, 6.45) is 1.61. The normalized spacial score (nSPS) is 10.4. The maximum atomic E-state index is 6.05. The second-order valence-electron chi connectivity index (χ2n) is 2.99. The SMILES string of the molecule is Cc1ccc(Cl)c(-n2cn[nH]c2=S)c1. The van der Waals surface area contributed by atoms with Gasteiger partial charge >= 0.3 is 0 Å². The molecule has 2 rings (SSSR count). The molecule has 1 aromatic carbocycles. The summed E-state index contributed by atoms with van der Waals surface area (Å²) in [5.41, 5.74) is 1.98. The van der Waals surface area contributed by atoms with Gasteiger partial charge in [0, 0.05) is 0 Å². The van der Waals surface area contributed by atoms with Gasteiger partial charge in [-0.05, 0) is 36.8 Å². The van der Waals surface area contributed by atoms with Crippen LogP contribution in [0.15, 0.2) is 24.5 Å². The fourth-order valence-corrected chi connectivity index (χ4v) is 1.63. The molecule has 0 fully saturated rings. The van der Waals surface area contributed by atoms with E-state index in [4.69, 9.17) is 23.8 Å². The molecule has 5 heteroatoms. The highest BCUT2D eigenvalue weighted by Gasteiger charge is 2.03. The zero-order valence-electron chi connectivity index (χ0n) is 7.49. The summed E-state index contributed by atoms with van der Waals surface area (Å²) < 4.78 is 2.28. The number of halogens is 1. The molecule has 0 amide bonds. The van der Waals surface area contributed by atoms with Crippen LogP contribution in [0.5, 0.6) is 0 Å². The third kappa shape index (κ3) is 1.58. The molecular formula is C9H8ClN3S. The van der Waals surface area contributed by atoms with E-state index in [1.165, 1.54) is 0 Å². The Morgan fingerprint density at radius 3 is 2.93 bits per heavy atom. The average Bonchev–Trinajstić information content (AvgIpc) is 2.56. The van der Waals surface area contributed by atoms with E-state index in [-0.39, 0.29) is 0 Å². The maximum absolute atomic E-state index is 6.05. The van der Waals surface area contributed by atoms with Crippen molar-refractivity contribution in [3.8, 4) is 5.69 Å². The van der Waals surface area contributed by atoms with E-state index in [0.29, 0.717) is 9.79 Å². The van der Waals surface area contributed by atoms with Crippen LogP contribution >= 0.6 is 23.8 Å². The third-order valence-corrected chi connectivity index (χ3v) is 2.52. The van der Waals surface area contributed by atoms with Crippen LogP contribution in [-0.4, -0.2) is 14.8 Å². The molecule has 1 heterocycles. The minimum Gasteiger partial charge on any atom is -0.273 e. The zero-order chi connectivity index (χ0) is 10.1. The van der Waals surface area contributed by atoms with Crippen molar-refractivity contribution in [2.24, 2.45) is 0 Å². The number of nitrogens with one attached hydrogen (secondary N) is 1. The molecule has 0 aliphatic carbocycles. The number of aryl methyl sites for hydroxylation is 1. The summed E-state index contributed by atoms with van der Waals surface area (Å²) in [6.45, 7) is 2.00. The lowest BCUT2D eigenvalue weighted by atomic mass is 10.2. The summed E-state index contributed by atoms with van der Waals surface area (Å²) in [6, 6.07) is 5.77. The molecule has 0 radical (unpaired) electrons. The number of aromatic nitrogens is 3. The third-order valence-electron chi connectivity index (χ3n) is 1.91. The van der Waals surface area contributed by atoms with Crippen LogP contribution in [0.2, 0.25) is 5.02 Å². The highest BCUT2D eigenvalue weighted by atomic mass is 35.5. The number of rotatable bonds is 1. The van der Waals surface area contributed by atoms with E-state index in [2.05, 4.69) is 10.2 Å². The van der Waals surface area contributed by atoms with Gasteiger partial charge < -0.3 is 0 Å². The quantitative estimate of drug-likeness (QED) is 0.758. The Kier molecular flexibility index (Phi) is 2.39. The number of benzene rings is 1. The second-order valence-corrected chi connectivity index (χ2v) is 3.78. The molecular weight excluding hydrogens is 218 g/mol. The van der Waals surface area contributed by atoms with Crippen molar-refractivity contribution in [1.29, 1.82) is 0 Å².